The van der Waals surface area contributed by atoms with Gasteiger partial charge in [-0.05, 0) is 37.0 Å². The number of ether oxygens (including phenoxy) is 1. The van der Waals surface area contributed by atoms with E-state index in [1.807, 2.05) is 17.1 Å². The van der Waals surface area contributed by atoms with Gasteiger partial charge in [0.05, 0.1) is 20.2 Å². The van der Waals surface area contributed by atoms with Crippen LogP contribution >= 0.6 is 0 Å². The monoisotopic (exact) mass is 233 g/mol. The summed E-state index contributed by atoms with van der Waals surface area (Å²) in [6.45, 7) is 2.88. The molecule has 0 atom stereocenters. The quantitative estimate of drug-likeness (QED) is 0.708. The van der Waals surface area contributed by atoms with Crippen LogP contribution in [0.3, 0.4) is 0 Å². The highest BCUT2D eigenvalue weighted by Gasteiger charge is 2.05. The van der Waals surface area contributed by atoms with Gasteiger partial charge in [0.25, 0.3) is 0 Å². The van der Waals surface area contributed by atoms with E-state index < -0.39 is 0 Å². The summed E-state index contributed by atoms with van der Waals surface area (Å²) in [5, 5.41) is 10.1. The Morgan fingerprint density at radius 2 is 2.06 bits per heavy atom. The number of hydrogen-bond donors (Lipinski definition) is 0. The fourth-order valence-corrected chi connectivity index (χ4v) is 1.91. The standard InChI is InChI=1S/C13H19N3O/c1-17-13-7-5-12(6-8-13)4-2-3-10-16-11-9-14-15-16/h5-8H,2-4,9-11H2,1H3. The van der Waals surface area contributed by atoms with Crippen LogP contribution < -0.4 is 4.74 Å². The Labute approximate surface area is 102 Å². The summed E-state index contributed by atoms with van der Waals surface area (Å²) in [7, 11) is 1.69. The summed E-state index contributed by atoms with van der Waals surface area (Å²) in [5.41, 5.74) is 1.37. The molecule has 0 saturated heterocycles. The van der Waals surface area contributed by atoms with Crippen molar-refractivity contribution in [2.75, 3.05) is 26.7 Å². The van der Waals surface area contributed by atoms with E-state index in [1.165, 1.54) is 18.4 Å². The van der Waals surface area contributed by atoms with E-state index in [2.05, 4.69) is 22.5 Å². The molecule has 0 saturated carbocycles. The zero-order chi connectivity index (χ0) is 11.9. The molecule has 0 bridgehead atoms. The summed E-state index contributed by atoms with van der Waals surface area (Å²) in [4.78, 5) is 0. The smallest absolute Gasteiger partial charge is 0.118 e. The molecule has 0 amide bonds. The number of unbranched alkanes of at least 4 members (excludes halogenated alkanes) is 1. The summed E-state index contributed by atoms with van der Waals surface area (Å²) in [5.74, 6) is 0.922. The van der Waals surface area contributed by atoms with Crippen LogP contribution in [-0.2, 0) is 6.42 Å². The van der Waals surface area contributed by atoms with Gasteiger partial charge in [-0.3, -0.25) is 5.01 Å². The minimum atomic E-state index is 0.860. The molecule has 0 unspecified atom stereocenters. The Morgan fingerprint density at radius 3 is 2.71 bits per heavy atom. The molecular formula is C13H19N3O. The lowest BCUT2D eigenvalue weighted by Gasteiger charge is -2.10. The van der Waals surface area contributed by atoms with Crippen LogP contribution in [0.2, 0.25) is 0 Å². The molecule has 1 aromatic rings. The molecule has 1 aromatic carbocycles. The van der Waals surface area contributed by atoms with Gasteiger partial charge in [-0.2, -0.15) is 5.11 Å². The number of nitrogens with zero attached hydrogens (tertiary/aromatic N) is 3. The van der Waals surface area contributed by atoms with Crippen LogP contribution in [0.4, 0.5) is 0 Å². The summed E-state index contributed by atoms with van der Waals surface area (Å²) in [6, 6.07) is 8.30. The average molecular weight is 233 g/mol. The van der Waals surface area contributed by atoms with Crippen molar-refractivity contribution >= 4 is 0 Å². The first-order valence-electron chi connectivity index (χ1n) is 6.14. The van der Waals surface area contributed by atoms with Crippen molar-refractivity contribution in [3.8, 4) is 5.75 Å². The van der Waals surface area contributed by atoms with Crippen LogP contribution in [0.5, 0.6) is 5.75 Å². The van der Waals surface area contributed by atoms with Gasteiger partial charge in [-0.1, -0.05) is 17.4 Å². The van der Waals surface area contributed by atoms with Crippen molar-refractivity contribution in [1.29, 1.82) is 0 Å². The Bertz CT molecular complexity index is 361. The van der Waals surface area contributed by atoms with E-state index in [9.17, 15) is 0 Å². The van der Waals surface area contributed by atoms with E-state index >= 15 is 0 Å². The van der Waals surface area contributed by atoms with E-state index in [4.69, 9.17) is 4.74 Å². The van der Waals surface area contributed by atoms with Gasteiger partial charge in [0.15, 0.2) is 0 Å². The molecule has 1 aliphatic heterocycles. The van der Waals surface area contributed by atoms with Crippen molar-refractivity contribution in [3.63, 3.8) is 0 Å². The first-order valence-corrected chi connectivity index (χ1v) is 6.14. The maximum absolute atomic E-state index is 5.13. The summed E-state index contributed by atoms with van der Waals surface area (Å²) >= 11 is 0. The lowest BCUT2D eigenvalue weighted by Crippen LogP contribution is -2.16. The first-order chi connectivity index (χ1) is 8.38. The minimum Gasteiger partial charge on any atom is -0.497 e. The zero-order valence-electron chi connectivity index (χ0n) is 10.3. The largest absolute Gasteiger partial charge is 0.497 e. The van der Waals surface area contributed by atoms with Crippen LogP contribution in [0, 0.1) is 0 Å². The number of methoxy groups -OCH3 is 1. The SMILES string of the molecule is COc1ccc(CCCCN2CCN=N2)cc1. The first kappa shape index (κ1) is 11.9. The predicted octanol–water partition coefficient (Wildman–Crippen LogP) is 2.70. The lowest BCUT2D eigenvalue weighted by molar-refractivity contribution is 0.311. The second-order valence-corrected chi connectivity index (χ2v) is 4.21. The average Bonchev–Trinajstić information content (AvgIpc) is 2.88. The third kappa shape index (κ3) is 3.73. The van der Waals surface area contributed by atoms with Gasteiger partial charge in [-0.25, -0.2) is 0 Å². The molecule has 0 radical (unpaired) electrons. The highest BCUT2D eigenvalue weighted by molar-refractivity contribution is 5.27. The van der Waals surface area contributed by atoms with E-state index in [0.29, 0.717) is 0 Å². The number of benzene rings is 1. The van der Waals surface area contributed by atoms with Crippen molar-refractivity contribution in [3.05, 3.63) is 29.8 Å². The molecule has 0 aliphatic carbocycles. The maximum atomic E-state index is 5.13. The molecular weight excluding hydrogens is 214 g/mol. The Morgan fingerprint density at radius 1 is 1.24 bits per heavy atom. The molecule has 0 aromatic heterocycles. The van der Waals surface area contributed by atoms with Gasteiger partial charge < -0.3 is 4.74 Å². The van der Waals surface area contributed by atoms with Crippen LogP contribution in [0.15, 0.2) is 34.6 Å². The minimum absolute atomic E-state index is 0.860. The Balaban J connectivity index is 1.65. The Hall–Kier alpha value is -1.58. The molecule has 1 aliphatic rings. The van der Waals surface area contributed by atoms with Crippen LogP contribution in [0.1, 0.15) is 18.4 Å². The molecule has 2 rings (SSSR count). The molecule has 4 nitrogen and oxygen atoms in total. The predicted molar refractivity (Wildman–Crippen MR) is 67.2 cm³/mol. The van der Waals surface area contributed by atoms with Crippen LogP contribution in [-0.4, -0.2) is 31.8 Å². The molecule has 17 heavy (non-hydrogen) atoms. The topological polar surface area (TPSA) is 37.2 Å². The summed E-state index contributed by atoms with van der Waals surface area (Å²) < 4.78 is 5.13. The summed E-state index contributed by atoms with van der Waals surface area (Å²) in [6.07, 6.45) is 3.48. The van der Waals surface area contributed by atoms with Crippen molar-refractivity contribution in [2.45, 2.75) is 19.3 Å². The fraction of sp³-hybridized carbons (Fsp3) is 0.538. The highest BCUT2D eigenvalue weighted by Crippen LogP contribution is 2.13. The van der Waals surface area contributed by atoms with Gasteiger partial charge in [0.2, 0.25) is 0 Å². The number of rotatable bonds is 6. The molecule has 92 valence electrons. The third-order valence-electron chi connectivity index (χ3n) is 2.94. The fourth-order valence-electron chi connectivity index (χ4n) is 1.91. The molecule has 0 spiro atoms. The number of aryl methyl sites for hydroxylation is 1. The van der Waals surface area contributed by atoms with Crippen LogP contribution in [0.25, 0.3) is 0 Å². The van der Waals surface area contributed by atoms with E-state index in [0.717, 1.165) is 31.8 Å². The third-order valence-corrected chi connectivity index (χ3v) is 2.94. The van der Waals surface area contributed by atoms with Crippen molar-refractivity contribution in [1.82, 2.24) is 5.01 Å². The van der Waals surface area contributed by atoms with Gasteiger partial charge in [0.1, 0.15) is 5.75 Å². The van der Waals surface area contributed by atoms with Gasteiger partial charge in [0, 0.05) is 6.54 Å². The van der Waals surface area contributed by atoms with Gasteiger partial charge in [-0.15, -0.1) is 0 Å². The molecule has 1 heterocycles. The molecule has 4 heteroatoms. The molecule has 0 fully saturated rings. The number of hydrogen-bond acceptors (Lipinski definition) is 4. The maximum Gasteiger partial charge on any atom is 0.118 e. The van der Waals surface area contributed by atoms with Crippen molar-refractivity contribution < 1.29 is 4.74 Å². The highest BCUT2D eigenvalue weighted by atomic mass is 16.5. The normalized spacial score (nSPS) is 14.3. The molecule has 0 N–H and O–H groups in total. The lowest BCUT2D eigenvalue weighted by atomic mass is 10.1. The van der Waals surface area contributed by atoms with E-state index in [1.54, 1.807) is 7.11 Å². The second-order valence-electron chi connectivity index (χ2n) is 4.21. The van der Waals surface area contributed by atoms with E-state index in [-0.39, 0.29) is 0 Å². The van der Waals surface area contributed by atoms with Crippen molar-refractivity contribution in [2.24, 2.45) is 10.3 Å². The second kappa shape index (κ2) is 6.23. The van der Waals surface area contributed by atoms with Gasteiger partial charge >= 0.3 is 0 Å². The zero-order valence-corrected chi connectivity index (χ0v) is 10.3. The Kier molecular flexibility index (Phi) is 4.36.